The molecule has 0 aromatic heterocycles. The Kier molecular flexibility index (Phi) is 6.10. The summed E-state index contributed by atoms with van der Waals surface area (Å²) in [6.07, 6.45) is 1.97. The maximum atomic E-state index is 12.4. The molecule has 0 saturated carbocycles. The van der Waals surface area contributed by atoms with Crippen LogP contribution in [-0.4, -0.2) is 44.7 Å². The molecule has 1 aliphatic heterocycles. The van der Waals surface area contributed by atoms with Crippen LogP contribution in [0.1, 0.15) is 18.9 Å². The van der Waals surface area contributed by atoms with E-state index in [2.05, 4.69) is 5.32 Å². The van der Waals surface area contributed by atoms with E-state index in [1.165, 1.54) is 4.90 Å². The number of amides is 2. The zero-order valence-corrected chi connectivity index (χ0v) is 14.5. The lowest BCUT2D eigenvalue weighted by atomic mass is 10.2. The van der Waals surface area contributed by atoms with Gasteiger partial charge in [0.1, 0.15) is 16.9 Å². The van der Waals surface area contributed by atoms with Crippen LogP contribution in [0.4, 0.5) is 0 Å². The SMILES string of the molecule is CC[C@H](NC(=O)CN1C(=O)/C(=C/c2ccccc2)SC1=S)C(=O)O. The van der Waals surface area contributed by atoms with Gasteiger partial charge in [-0.1, -0.05) is 61.2 Å². The highest BCUT2D eigenvalue weighted by molar-refractivity contribution is 8.26. The average Bonchev–Trinajstić information content (AvgIpc) is 2.81. The summed E-state index contributed by atoms with van der Waals surface area (Å²) in [5.41, 5.74) is 0.861. The minimum Gasteiger partial charge on any atom is -0.480 e. The van der Waals surface area contributed by atoms with Gasteiger partial charge in [-0.05, 0) is 18.1 Å². The third-order valence-electron chi connectivity index (χ3n) is 3.31. The third kappa shape index (κ3) is 4.42. The maximum absolute atomic E-state index is 12.4. The lowest BCUT2D eigenvalue weighted by Crippen LogP contribution is -2.46. The van der Waals surface area contributed by atoms with Gasteiger partial charge >= 0.3 is 5.97 Å². The molecule has 0 spiro atoms. The third-order valence-corrected chi connectivity index (χ3v) is 4.69. The first-order valence-corrected chi connectivity index (χ1v) is 8.47. The molecule has 24 heavy (non-hydrogen) atoms. The van der Waals surface area contributed by atoms with Gasteiger partial charge < -0.3 is 10.4 Å². The Hall–Kier alpha value is -2.19. The van der Waals surface area contributed by atoms with Gasteiger partial charge in [-0.2, -0.15) is 0 Å². The molecule has 8 heteroatoms. The van der Waals surface area contributed by atoms with E-state index in [4.69, 9.17) is 17.3 Å². The number of aliphatic carboxylic acids is 1. The van der Waals surface area contributed by atoms with Crippen LogP contribution >= 0.6 is 24.0 Å². The van der Waals surface area contributed by atoms with Crippen molar-refractivity contribution in [2.24, 2.45) is 0 Å². The Balaban J connectivity index is 2.05. The van der Waals surface area contributed by atoms with Gasteiger partial charge in [-0.15, -0.1) is 0 Å². The van der Waals surface area contributed by atoms with E-state index in [9.17, 15) is 14.4 Å². The first-order valence-electron chi connectivity index (χ1n) is 7.25. The number of hydrogen-bond donors (Lipinski definition) is 2. The van der Waals surface area contributed by atoms with E-state index >= 15 is 0 Å². The van der Waals surface area contributed by atoms with Crippen LogP contribution in [0.25, 0.3) is 6.08 Å². The van der Waals surface area contributed by atoms with Crippen LogP contribution < -0.4 is 5.32 Å². The summed E-state index contributed by atoms with van der Waals surface area (Å²) in [5, 5.41) is 11.3. The topological polar surface area (TPSA) is 86.7 Å². The Labute approximate surface area is 148 Å². The average molecular weight is 364 g/mol. The van der Waals surface area contributed by atoms with E-state index < -0.39 is 17.9 Å². The second-order valence-corrected chi connectivity index (χ2v) is 6.72. The van der Waals surface area contributed by atoms with Crippen LogP contribution in [0.2, 0.25) is 0 Å². The molecule has 1 fully saturated rings. The molecule has 6 nitrogen and oxygen atoms in total. The van der Waals surface area contributed by atoms with Gasteiger partial charge in [0, 0.05) is 0 Å². The van der Waals surface area contributed by atoms with Gasteiger partial charge in [0.25, 0.3) is 5.91 Å². The van der Waals surface area contributed by atoms with Crippen LogP contribution in [0.3, 0.4) is 0 Å². The molecule has 0 aliphatic carbocycles. The summed E-state index contributed by atoms with van der Waals surface area (Å²) in [7, 11) is 0. The first kappa shape index (κ1) is 18.2. The van der Waals surface area contributed by atoms with Crippen molar-refractivity contribution in [3.05, 3.63) is 40.8 Å². The van der Waals surface area contributed by atoms with Crippen molar-refractivity contribution in [3.8, 4) is 0 Å². The quantitative estimate of drug-likeness (QED) is 0.592. The van der Waals surface area contributed by atoms with Gasteiger partial charge in [-0.3, -0.25) is 14.5 Å². The fourth-order valence-electron chi connectivity index (χ4n) is 2.06. The van der Waals surface area contributed by atoms with E-state index in [1.54, 1.807) is 13.0 Å². The van der Waals surface area contributed by atoms with Crippen molar-refractivity contribution in [1.29, 1.82) is 0 Å². The second kappa shape index (κ2) is 8.07. The molecule has 0 bridgehead atoms. The molecule has 1 aliphatic rings. The molecule has 126 valence electrons. The number of carbonyl (C=O) groups excluding carboxylic acids is 2. The summed E-state index contributed by atoms with van der Waals surface area (Å²) in [6.45, 7) is 1.36. The minimum atomic E-state index is -1.11. The summed E-state index contributed by atoms with van der Waals surface area (Å²) in [4.78, 5) is 36.9. The van der Waals surface area contributed by atoms with Crippen molar-refractivity contribution in [1.82, 2.24) is 10.2 Å². The maximum Gasteiger partial charge on any atom is 0.326 e. The standard InChI is InChI=1S/C16H16N2O4S2/c1-2-11(15(21)22)17-13(19)9-18-14(20)12(24-16(18)23)8-10-6-4-3-5-7-10/h3-8,11H,2,9H2,1H3,(H,17,19)(H,21,22)/b12-8-/t11-/m0/s1. The van der Waals surface area contributed by atoms with Gasteiger partial charge in [0.2, 0.25) is 5.91 Å². The molecule has 2 amide bonds. The van der Waals surface area contributed by atoms with Crippen molar-refractivity contribution in [2.45, 2.75) is 19.4 Å². The normalized spacial score (nSPS) is 17.2. The number of carboxylic acids is 1. The number of nitrogens with zero attached hydrogens (tertiary/aromatic N) is 1. The fraction of sp³-hybridized carbons (Fsp3) is 0.250. The molecule has 0 unspecified atom stereocenters. The molecule has 1 aromatic rings. The van der Waals surface area contributed by atoms with Gasteiger partial charge in [0.05, 0.1) is 4.91 Å². The van der Waals surface area contributed by atoms with Crippen molar-refractivity contribution in [3.63, 3.8) is 0 Å². The second-order valence-electron chi connectivity index (χ2n) is 5.05. The molecule has 1 saturated heterocycles. The lowest BCUT2D eigenvalue weighted by Gasteiger charge is -2.17. The smallest absolute Gasteiger partial charge is 0.326 e. The molecule has 1 heterocycles. The highest BCUT2D eigenvalue weighted by Crippen LogP contribution is 2.32. The number of rotatable bonds is 6. The Bertz CT molecular complexity index is 703. The molecule has 0 radical (unpaired) electrons. The number of thioether (sulfide) groups is 1. The predicted octanol–water partition coefficient (Wildman–Crippen LogP) is 1.87. The summed E-state index contributed by atoms with van der Waals surface area (Å²) >= 11 is 6.28. The number of hydrogen-bond acceptors (Lipinski definition) is 5. The highest BCUT2D eigenvalue weighted by atomic mass is 32.2. The van der Waals surface area contributed by atoms with E-state index in [1.807, 2.05) is 30.3 Å². The summed E-state index contributed by atoms with van der Waals surface area (Å²) in [6, 6.07) is 8.33. The Morgan fingerprint density at radius 1 is 1.38 bits per heavy atom. The van der Waals surface area contributed by atoms with Crippen molar-refractivity contribution < 1.29 is 19.5 Å². The van der Waals surface area contributed by atoms with E-state index in [-0.39, 0.29) is 23.2 Å². The molecule has 2 rings (SSSR count). The molecular formula is C16H16N2O4S2. The van der Waals surface area contributed by atoms with Gasteiger partial charge in [0.15, 0.2) is 0 Å². The van der Waals surface area contributed by atoms with Crippen LogP contribution in [0.15, 0.2) is 35.2 Å². The van der Waals surface area contributed by atoms with Crippen molar-refractivity contribution >= 4 is 52.2 Å². The largest absolute Gasteiger partial charge is 0.480 e. The minimum absolute atomic E-state index is 0.257. The Morgan fingerprint density at radius 2 is 2.04 bits per heavy atom. The Morgan fingerprint density at radius 3 is 2.62 bits per heavy atom. The van der Waals surface area contributed by atoms with Crippen molar-refractivity contribution in [2.75, 3.05) is 6.54 Å². The summed E-state index contributed by atoms with van der Waals surface area (Å²) < 4.78 is 0.278. The number of carbonyl (C=O) groups is 3. The van der Waals surface area contributed by atoms with Crippen LogP contribution in [0, 0.1) is 0 Å². The van der Waals surface area contributed by atoms with Crippen LogP contribution in [0.5, 0.6) is 0 Å². The lowest BCUT2D eigenvalue weighted by molar-refractivity contribution is -0.142. The molecule has 1 aromatic carbocycles. The number of benzene rings is 1. The van der Waals surface area contributed by atoms with Crippen LogP contribution in [-0.2, 0) is 14.4 Å². The highest BCUT2D eigenvalue weighted by Gasteiger charge is 2.33. The fourth-order valence-corrected chi connectivity index (χ4v) is 3.31. The number of thiocarbonyl (C=S) groups is 1. The zero-order valence-electron chi connectivity index (χ0n) is 12.9. The van der Waals surface area contributed by atoms with E-state index in [0.29, 0.717) is 4.91 Å². The number of carboxylic acid groups (broad SMARTS) is 1. The van der Waals surface area contributed by atoms with E-state index in [0.717, 1.165) is 17.3 Å². The molecule has 1 atom stereocenters. The first-order chi connectivity index (χ1) is 11.4. The molecular weight excluding hydrogens is 348 g/mol. The zero-order chi connectivity index (χ0) is 17.7. The number of nitrogens with one attached hydrogen (secondary N) is 1. The predicted molar refractivity (Wildman–Crippen MR) is 96.2 cm³/mol. The van der Waals surface area contributed by atoms with Gasteiger partial charge in [-0.25, -0.2) is 4.79 Å². The monoisotopic (exact) mass is 364 g/mol. The molecule has 2 N–H and O–H groups in total. The summed E-state index contributed by atoms with van der Waals surface area (Å²) in [5.74, 6) is -2.02.